The average Bonchev–Trinajstić information content (AvgIpc) is 3.02. The van der Waals surface area contributed by atoms with Gasteiger partial charge in [0.25, 0.3) is 0 Å². The molecule has 1 nitrogen and oxygen atoms in total. The van der Waals surface area contributed by atoms with Crippen LogP contribution in [0.15, 0.2) is 85.5 Å². The van der Waals surface area contributed by atoms with Crippen LogP contribution in [-0.4, -0.2) is 4.57 Å². The Bertz CT molecular complexity index is 1150. The molecular formula is C28H29N. The van der Waals surface area contributed by atoms with Crippen LogP contribution in [-0.2, 0) is 0 Å². The normalized spacial score (nSPS) is 12.7. The van der Waals surface area contributed by atoms with Gasteiger partial charge in [-0.3, -0.25) is 0 Å². The Hall–Kier alpha value is -3.32. The van der Waals surface area contributed by atoms with E-state index in [0.29, 0.717) is 0 Å². The third-order valence-electron chi connectivity index (χ3n) is 5.33. The lowest BCUT2D eigenvalue weighted by Gasteiger charge is -2.10. The zero-order chi connectivity index (χ0) is 21.0. The second-order valence-corrected chi connectivity index (χ2v) is 7.10. The van der Waals surface area contributed by atoms with Gasteiger partial charge in [0.1, 0.15) is 0 Å². The molecule has 3 aromatic rings. The smallest absolute Gasteiger partial charge is 0.0544 e. The maximum atomic E-state index is 4.14. The third kappa shape index (κ3) is 3.56. The van der Waals surface area contributed by atoms with Gasteiger partial charge in [-0.15, -0.1) is 0 Å². The Kier molecular flexibility index (Phi) is 6.19. The van der Waals surface area contributed by atoms with Crippen molar-refractivity contribution in [3.63, 3.8) is 0 Å². The summed E-state index contributed by atoms with van der Waals surface area (Å²) in [4.78, 5) is 0. The SMILES string of the molecule is C=C/C(=C(C)\C=C/C)c1c(C)n(-c2ccccc2)c2ccc(/C=C\C)c(C=C)c12. The molecule has 0 aliphatic heterocycles. The van der Waals surface area contributed by atoms with E-state index >= 15 is 0 Å². The molecule has 0 unspecified atom stereocenters. The van der Waals surface area contributed by atoms with Gasteiger partial charge in [-0.1, -0.05) is 73.9 Å². The van der Waals surface area contributed by atoms with Gasteiger partial charge in [0.05, 0.1) is 5.52 Å². The van der Waals surface area contributed by atoms with E-state index in [1.807, 2.05) is 26.0 Å². The summed E-state index contributed by atoms with van der Waals surface area (Å²) < 4.78 is 2.34. The molecule has 0 spiro atoms. The highest BCUT2D eigenvalue weighted by molar-refractivity contribution is 6.05. The molecular weight excluding hydrogens is 350 g/mol. The topological polar surface area (TPSA) is 4.93 Å². The Morgan fingerprint density at radius 1 is 0.966 bits per heavy atom. The van der Waals surface area contributed by atoms with Crippen molar-refractivity contribution in [3.8, 4) is 5.69 Å². The number of aromatic nitrogens is 1. The molecule has 29 heavy (non-hydrogen) atoms. The third-order valence-corrected chi connectivity index (χ3v) is 5.33. The summed E-state index contributed by atoms with van der Waals surface area (Å²) in [5.41, 5.74) is 9.43. The van der Waals surface area contributed by atoms with Crippen LogP contribution < -0.4 is 0 Å². The summed E-state index contributed by atoms with van der Waals surface area (Å²) in [6.45, 7) is 16.7. The number of benzene rings is 2. The average molecular weight is 380 g/mol. The number of allylic oxidation sites excluding steroid dienone is 6. The van der Waals surface area contributed by atoms with Crippen LogP contribution in [0.2, 0.25) is 0 Å². The predicted octanol–water partition coefficient (Wildman–Crippen LogP) is 8.15. The van der Waals surface area contributed by atoms with Crippen molar-refractivity contribution >= 4 is 28.6 Å². The first-order valence-corrected chi connectivity index (χ1v) is 10.0. The van der Waals surface area contributed by atoms with Crippen molar-refractivity contribution in [1.29, 1.82) is 0 Å². The summed E-state index contributed by atoms with van der Waals surface area (Å²) in [6.07, 6.45) is 12.4. The van der Waals surface area contributed by atoms with Crippen LogP contribution in [0.5, 0.6) is 0 Å². The maximum absolute atomic E-state index is 4.14. The van der Waals surface area contributed by atoms with Gasteiger partial charge in [-0.05, 0) is 68.2 Å². The molecule has 0 bridgehead atoms. The molecule has 0 saturated carbocycles. The molecule has 0 saturated heterocycles. The van der Waals surface area contributed by atoms with E-state index in [1.165, 1.54) is 33.3 Å². The zero-order valence-corrected chi connectivity index (χ0v) is 17.9. The van der Waals surface area contributed by atoms with Gasteiger partial charge < -0.3 is 4.57 Å². The molecule has 1 heterocycles. The Morgan fingerprint density at radius 2 is 1.69 bits per heavy atom. The first kappa shape index (κ1) is 20.4. The number of hydrogen-bond donors (Lipinski definition) is 0. The molecule has 0 N–H and O–H groups in total. The Balaban J connectivity index is 2.57. The minimum Gasteiger partial charge on any atom is -0.313 e. The second-order valence-electron chi connectivity index (χ2n) is 7.10. The molecule has 0 fully saturated rings. The van der Waals surface area contributed by atoms with E-state index in [9.17, 15) is 0 Å². The lowest BCUT2D eigenvalue weighted by molar-refractivity contribution is 1.05. The highest BCUT2D eigenvalue weighted by Gasteiger charge is 2.21. The Labute approximate surface area is 174 Å². The van der Waals surface area contributed by atoms with Gasteiger partial charge in [-0.2, -0.15) is 0 Å². The summed E-state index contributed by atoms with van der Waals surface area (Å²) in [5.74, 6) is 0. The number of fused-ring (bicyclic) bond motifs is 1. The monoisotopic (exact) mass is 379 g/mol. The quantitative estimate of drug-likeness (QED) is 0.381. The van der Waals surface area contributed by atoms with Gasteiger partial charge >= 0.3 is 0 Å². The fourth-order valence-electron chi connectivity index (χ4n) is 4.13. The summed E-state index contributed by atoms with van der Waals surface area (Å²) in [7, 11) is 0. The first-order chi connectivity index (χ1) is 14.1. The van der Waals surface area contributed by atoms with Crippen molar-refractivity contribution in [1.82, 2.24) is 4.57 Å². The minimum atomic E-state index is 1.15. The van der Waals surface area contributed by atoms with Gasteiger partial charge in [-0.25, -0.2) is 0 Å². The van der Waals surface area contributed by atoms with Crippen molar-refractivity contribution in [3.05, 3.63) is 108 Å². The number of nitrogens with zero attached hydrogens (tertiary/aromatic N) is 1. The summed E-state index contributed by atoms with van der Waals surface area (Å²) in [5, 5.41) is 1.22. The molecule has 0 radical (unpaired) electrons. The Morgan fingerprint density at radius 3 is 2.28 bits per heavy atom. The number of hydrogen-bond acceptors (Lipinski definition) is 0. The van der Waals surface area contributed by atoms with E-state index in [0.717, 1.165) is 16.8 Å². The van der Waals surface area contributed by atoms with Crippen molar-refractivity contribution < 1.29 is 0 Å². The van der Waals surface area contributed by atoms with Crippen LogP contribution in [0.1, 0.15) is 43.2 Å². The van der Waals surface area contributed by atoms with Crippen LogP contribution in [0.3, 0.4) is 0 Å². The minimum absolute atomic E-state index is 1.15. The summed E-state index contributed by atoms with van der Waals surface area (Å²) >= 11 is 0. The standard InChI is InChI=1S/C28H29N/c1-7-14-20(5)24(9-3)27-21(6)29(23-16-12-11-13-17-23)26-19-18-22(15-8-2)25(10-4)28(26)27/h7-19H,3-4H2,1-2,5-6H3/b14-7-,15-8-,24-20+. The van der Waals surface area contributed by atoms with Gasteiger partial charge in [0, 0.05) is 22.3 Å². The van der Waals surface area contributed by atoms with E-state index in [-0.39, 0.29) is 0 Å². The summed E-state index contributed by atoms with van der Waals surface area (Å²) in [6, 6.07) is 14.9. The highest BCUT2D eigenvalue weighted by atomic mass is 15.0. The van der Waals surface area contributed by atoms with E-state index in [2.05, 4.69) is 98.3 Å². The van der Waals surface area contributed by atoms with Gasteiger partial charge in [0.2, 0.25) is 0 Å². The fraction of sp³-hybridized carbons (Fsp3) is 0.143. The molecule has 0 aliphatic rings. The predicted molar refractivity (Wildman–Crippen MR) is 130 cm³/mol. The maximum Gasteiger partial charge on any atom is 0.0544 e. The van der Waals surface area contributed by atoms with Crippen LogP contribution >= 0.6 is 0 Å². The molecule has 1 heteroatoms. The van der Waals surface area contributed by atoms with Gasteiger partial charge in [0.15, 0.2) is 0 Å². The van der Waals surface area contributed by atoms with E-state index in [1.54, 1.807) is 0 Å². The van der Waals surface area contributed by atoms with Crippen LogP contribution in [0.25, 0.3) is 34.3 Å². The molecule has 3 rings (SSSR count). The first-order valence-electron chi connectivity index (χ1n) is 10.0. The van der Waals surface area contributed by atoms with Crippen molar-refractivity contribution in [2.24, 2.45) is 0 Å². The van der Waals surface area contributed by atoms with Crippen molar-refractivity contribution in [2.45, 2.75) is 27.7 Å². The number of rotatable bonds is 6. The zero-order valence-electron chi connectivity index (χ0n) is 17.9. The van der Waals surface area contributed by atoms with E-state index in [4.69, 9.17) is 0 Å². The molecule has 1 aromatic heterocycles. The molecule has 0 aliphatic carbocycles. The molecule has 146 valence electrons. The van der Waals surface area contributed by atoms with Crippen LogP contribution in [0, 0.1) is 6.92 Å². The van der Waals surface area contributed by atoms with Crippen molar-refractivity contribution in [2.75, 3.05) is 0 Å². The van der Waals surface area contributed by atoms with E-state index < -0.39 is 0 Å². The largest absolute Gasteiger partial charge is 0.313 e. The molecule has 0 amide bonds. The second kappa shape index (κ2) is 8.79. The van der Waals surface area contributed by atoms with Crippen LogP contribution in [0.4, 0.5) is 0 Å². The lowest BCUT2D eigenvalue weighted by Crippen LogP contribution is -1.97. The lowest BCUT2D eigenvalue weighted by atomic mass is 9.93. The fourth-order valence-corrected chi connectivity index (χ4v) is 4.13. The molecule has 0 atom stereocenters. The highest BCUT2D eigenvalue weighted by Crippen LogP contribution is 2.39. The molecule has 2 aromatic carbocycles. The number of para-hydroxylation sites is 1.